The molecule has 0 atom stereocenters. The molecule has 8 nitrogen and oxygen atoms in total. The highest BCUT2D eigenvalue weighted by atomic mass is 16.6. The van der Waals surface area contributed by atoms with Gasteiger partial charge in [0.25, 0.3) is 0 Å². The first-order chi connectivity index (χ1) is 12.5. The lowest BCUT2D eigenvalue weighted by Gasteiger charge is -2.42. The van der Waals surface area contributed by atoms with E-state index in [-0.39, 0.29) is 36.3 Å². The lowest BCUT2D eigenvalue weighted by atomic mass is 10.0. The fourth-order valence-corrected chi connectivity index (χ4v) is 3.29. The van der Waals surface area contributed by atoms with Crippen molar-refractivity contribution in [2.24, 2.45) is 0 Å². The Morgan fingerprint density at radius 1 is 0.926 bits per heavy atom. The SMILES string of the molecule is CC(C)(C)OC(=O)N1CCN(C(=O)CCC(=O)N2CCOCC2(C)C)CC1. The average Bonchev–Trinajstić information content (AvgIpc) is 2.57. The van der Waals surface area contributed by atoms with Crippen LogP contribution in [0.2, 0.25) is 0 Å². The molecule has 0 aromatic rings. The molecule has 2 fully saturated rings. The van der Waals surface area contributed by atoms with Gasteiger partial charge in [0.1, 0.15) is 5.60 Å². The molecule has 3 amide bonds. The summed E-state index contributed by atoms with van der Waals surface area (Å²) in [6, 6.07) is 0. The standard InChI is InChI=1S/C19H33N3O5/c1-18(2,3)27-17(25)21-10-8-20(9-11-21)15(23)6-7-16(24)22-12-13-26-14-19(22,4)5/h6-14H2,1-5H3. The summed E-state index contributed by atoms with van der Waals surface area (Å²) < 4.78 is 10.8. The van der Waals surface area contributed by atoms with Crippen LogP contribution in [0, 0.1) is 0 Å². The molecule has 27 heavy (non-hydrogen) atoms. The van der Waals surface area contributed by atoms with Gasteiger partial charge in [-0.3, -0.25) is 9.59 Å². The van der Waals surface area contributed by atoms with Crippen molar-refractivity contribution in [2.45, 2.75) is 58.6 Å². The fraction of sp³-hybridized carbons (Fsp3) is 0.842. The van der Waals surface area contributed by atoms with Crippen LogP contribution in [0.5, 0.6) is 0 Å². The molecule has 2 aliphatic heterocycles. The zero-order valence-electron chi connectivity index (χ0n) is 17.2. The van der Waals surface area contributed by atoms with Gasteiger partial charge in [-0.25, -0.2) is 4.79 Å². The van der Waals surface area contributed by atoms with Gasteiger partial charge in [-0.2, -0.15) is 0 Å². The van der Waals surface area contributed by atoms with Crippen molar-refractivity contribution in [1.29, 1.82) is 0 Å². The Bertz CT molecular complexity index is 562. The molecule has 0 N–H and O–H groups in total. The summed E-state index contributed by atoms with van der Waals surface area (Å²) in [5.74, 6) is -0.0534. The summed E-state index contributed by atoms with van der Waals surface area (Å²) in [5.41, 5.74) is -0.866. The topological polar surface area (TPSA) is 79.4 Å². The van der Waals surface area contributed by atoms with Crippen LogP contribution in [0.4, 0.5) is 4.79 Å². The molecule has 0 aliphatic carbocycles. The van der Waals surface area contributed by atoms with Gasteiger partial charge in [-0.15, -0.1) is 0 Å². The first-order valence-corrected chi connectivity index (χ1v) is 9.63. The number of hydrogen-bond acceptors (Lipinski definition) is 5. The fourth-order valence-electron chi connectivity index (χ4n) is 3.29. The number of amides is 3. The minimum Gasteiger partial charge on any atom is -0.444 e. The smallest absolute Gasteiger partial charge is 0.410 e. The lowest BCUT2D eigenvalue weighted by molar-refractivity contribution is -0.148. The number of ether oxygens (including phenoxy) is 2. The van der Waals surface area contributed by atoms with Crippen molar-refractivity contribution in [2.75, 3.05) is 45.9 Å². The molecule has 2 aliphatic rings. The van der Waals surface area contributed by atoms with Gasteiger partial charge in [0.15, 0.2) is 0 Å². The molecule has 0 aromatic carbocycles. The highest BCUT2D eigenvalue weighted by Crippen LogP contribution is 2.20. The van der Waals surface area contributed by atoms with Crippen LogP contribution in [-0.4, -0.2) is 89.7 Å². The van der Waals surface area contributed by atoms with Crippen molar-refractivity contribution >= 4 is 17.9 Å². The minimum absolute atomic E-state index is 0.0101. The maximum atomic E-state index is 12.5. The number of piperazine rings is 1. The van der Waals surface area contributed by atoms with Crippen LogP contribution in [0.25, 0.3) is 0 Å². The number of rotatable bonds is 3. The van der Waals surface area contributed by atoms with Crippen LogP contribution < -0.4 is 0 Å². The van der Waals surface area contributed by atoms with Crippen molar-refractivity contribution in [1.82, 2.24) is 14.7 Å². The Balaban J connectivity index is 1.76. The van der Waals surface area contributed by atoms with Gasteiger partial charge >= 0.3 is 6.09 Å². The van der Waals surface area contributed by atoms with Crippen LogP contribution in [-0.2, 0) is 19.1 Å². The first kappa shape index (κ1) is 21.5. The first-order valence-electron chi connectivity index (χ1n) is 9.63. The zero-order valence-corrected chi connectivity index (χ0v) is 17.2. The third kappa shape index (κ3) is 6.09. The minimum atomic E-state index is -0.530. The molecule has 8 heteroatoms. The van der Waals surface area contributed by atoms with Crippen molar-refractivity contribution in [3.63, 3.8) is 0 Å². The molecule has 0 unspecified atom stereocenters. The Hall–Kier alpha value is -1.83. The van der Waals surface area contributed by atoms with Crippen molar-refractivity contribution < 1.29 is 23.9 Å². The Kier molecular flexibility index (Phi) is 6.72. The predicted molar refractivity (Wildman–Crippen MR) is 100 cm³/mol. The second kappa shape index (κ2) is 8.46. The molecule has 0 spiro atoms. The molecule has 2 rings (SSSR count). The van der Waals surface area contributed by atoms with Crippen LogP contribution in [0.1, 0.15) is 47.5 Å². The summed E-state index contributed by atoms with van der Waals surface area (Å²) in [6.45, 7) is 12.9. The second-order valence-corrected chi connectivity index (χ2v) is 8.76. The molecular formula is C19H33N3O5. The maximum absolute atomic E-state index is 12.5. The molecule has 2 heterocycles. The lowest BCUT2D eigenvalue weighted by Crippen LogP contribution is -2.55. The molecular weight excluding hydrogens is 350 g/mol. The summed E-state index contributed by atoms with van der Waals surface area (Å²) in [4.78, 5) is 42.2. The Morgan fingerprint density at radius 2 is 1.48 bits per heavy atom. The molecule has 0 radical (unpaired) electrons. The summed E-state index contributed by atoms with van der Waals surface area (Å²) in [7, 11) is 0. The largest absolute Gasteiger partial charge is 0.444 e. The number of nitrogens with zero attached hydrogens (tertiary/aromatic N) is 3. The third-order valence-electron chi connectivity index (χ3n) is 4.78. The predicted octanol–water partition coefficient (Wildman–Crippen LogP) is 1.48. The summed E-state index contributed by atoms with van der Waals surface area (Å²) in [5, 5.41) is 0. The van der Waals surface area contributed by atoms with Crippen molar-refractivity contribution in [3.05, 3.63) is 0 Å². The van der Waals surface area contributed by atoms with Gasteiger partial charge in [-0.1, -0.05) is 0 Å². The van der Waals surface area contributed by atoms with Gasteiger partial charge in [0.05, 0.1) is 18.8 Å². The van der Waals surface area contributed by atoms with Crippen LogP contribution in [0.3, 0.4) is 0 Å². The van der Waals surface area contributed by atoms with E-state index < -0.39 is 5.60 Å². The third-order valence-corrected chi connectivity index (χ3v) is 4.78. The van der Waals surface area contributed by atoms with Crippen molar-refractivity contribution in [3.8, 4) is 0 Å². The monoisotopic (exact) mass is 383 g/mol. The highest BCUT2D eigenvalue weighted by molar-refractivity contribution is 5.84. The van der Waals surface area contributed by atoms with E-state index in [0.29, 0.717) is 45.9 Å². The number of carbonyl (C=O) groups excluding carboxylic acids is 3. The van der Waals surface area contributed by atoms with E-state index in [1.165, 1.54) is 0 Å². The number of morpholine rings is 1. The number of carbonyl (C=O) groups is 3. The molecule has 0 aromatic heterocycles. The van der Waals surface area contributed by atoms with E-state index >= 15 is 0 Å². The molecule has 0 saturated carbocycles. The quantitative estimate of drug-likeness (QED) is 0.738. The van der Waals surface area contributed by atoms with E-state index in [0.717, 1.165) is 0 Å². The Morgan fingerprint density at radius 3 is 2.04 bits per heavy atom. The highest BCUT2D eigenvalue weighted by Gasteiger charge is 2.34. The van der Waals surface area contributed by atoms with E-state index in [4.69, 9.17) is 9.47 Å². The van der Waals surface area contributed by atoms with Gasteiger partial charge in [-0.05, 0) is 34.6 Å². The zero-order chi connectivity index (χ0) is 20.2. The van der Waals surface area contributed by atoms with Gasteiger partial charge in [0.2, 0.25) is 11.8 Å². The Labute approximate surface area is 161 Å². The molecule has 2 saturated heterocycles. The normalized spacial score (nSPS) is 20.4. The van der Waals surface area contributed by atoms with Gasteiger partial charge in [0, 0.05) is 45.6 Å². The van der Waals surface area contributed by atoms with Crippen LogP contribution in [0.15, 0.2) is 0 Å². The number of hydrogen-bond donors (Lipinski definition) is 0. The average molecular weight is 383 g/mol. The van der Waals surface area contributed by atoms with E-state index in [2.05, 4.69) is 0 Å². The summed E-state index contributed by atoms with van der Waals surface area (Å²) >= 11 is 0. The molecule has 154 valence electrons. The van der Waals surface area contributed by atoms with Gasteiger partial charge < -0.3 is 24.2 Å². The maximum Gasteiger partial charge on any atom is 0.410 e. The molecule has 0 bridgehead atoms. The van der Waals surface area contributed by atoms with E-state index in [1.807, 2.05) is 39.5 Å². The summed E-state index contributed by atoms with van der Waals surface area (Å²) in [6.07, 6.45) is 0.0482. The van der Waals surface area contributed by atoms with E-state index in [1.54, 1.807) is 9.80 Å². The van der Waals surface area contributed by atoms with Crippen LogP contribution >= 0.6 is 0 Å². The second-order valence-electron chi connectivity index (χ2n) is 8.76. The van der Waals surface area contributed by atoms with E-state index in [9.17, 15) is 14.4 Å².